The van der Waals surface area contributed by atoms with Gasteiger partial charge in [0.2, 0.25) is 0 Å². The molecule has 0 bridgehead atoms. The predicted molar refractivity (Wildman–Crippen MR) is 118 cm³/mol. The Hall–Kier alpha value is -3.74. The highest BCUT2D eigenvalue weighted by Crippen LogP contribution is 2.44. The minimum atomic E-state index is -0.859. The van der Waals surface area contributed by atoms with E-state index in [-0.39, 0.29) is 18.2 Å². The quantitative estimate of drug-likeness (QED) is 0.502. The molecule has 3 aromatic rings. The van der Waals surface area contributed by atoms with Crippen LogP contribution in [0.2, 0.25) is 0 Å². The van der Waals surface area contributed by atoms with Crippen molar-refractivity contribution < 1.29 is 33.2 Å². The summed E-state index contributed by atoms with van der Waals surface area (Å²) in [4.78, 5) is 11.1. The number of benzene rings is 3. The molecule has 6 nitrogen and oxygen atoms in total. The van der Waals surface area contributed by atoms with Crippen LogP contribution < -0.4 is 18.9 Å². The average molecular weight is 450 g/mol. The third kappa shape index (κ3) is 4.18. The van der Waals surface area contributed by atoms with Crippen molar-refractivity contribution in [1.82, 2.24) is 0 Å². The van der Waals surface area contributed by atoms with E-state index in [1.165, 1.54) is 6.07 Å². The van der Waals surface area contributed by atoms with Crippen LogP contribution in [0.25, 0.3) is 0 Å². The molecule has 33 heavy (non-hydrogen) atoms. The molecule has 2 atom stereocenters. The first-order valence-corrected chi connectivity index (χ1v) is 10.8. The second-order valence-electron chi connectivity index (χ2n) is 8.17. The van der Waals surface area contributed by atoms with E-state index >= 15 is 0 Å². The van der Waals surface area contributed by atoms with E-state index in [0.717, 1.165) is 11.1 Å². The summed E-state index contributed by atoms with van der Waals surface area (Å²) in [5.41, 5.74) is 2.15. The van der Waals surface area contributed by atoms with Crippen LogP contribution in [0.15, 0.2) is 54.6 Å². The lowest BCUT2D eigenvalue weighted by Crippen LogP contribution is -2.07. The molecule has 0 saturated heterocycles. The van der Waals surface area contributed by atoms with Gasteiger partial charge in [0.25, 0.3) is 0 Å². The fraction of sp³-hybridized carbons (Fsp3) is 0.269. The maximum atomic E-state index is 14.8. The fourth-order valence-corrected chi connectivity index (χ4v) is 4.52. The van der Waals surface area contributed by atoms with Crippen LogP contribution in [0.1, 0.15) is 41.6 Å². The highest BCUT2D eigenvalue weighted by atomic mass is 19.1. The molecule has 170 valence electrons. The average Bonchev–Trinajstić information content (AvgIpc) is 3.40. The third-order valence-electron chi connectivity index (χ3n) is 6.07. The minimum absolute atomic E-state index is 0.0183. The number of halogens is 1. The number of rotatable bonds is 7. The molecule has 0 aromatic heterocycles. The summed E-state index contributed by atoms with van der Waals surface area (Å²) in [5, 5.41) is 9.07. The van der Waals surface area contributed by atoms with Crippen LogP contribution in [0.3, 0.4) is 0 Å². The Morgan fingerprint density at radius 2 is 1.97 bits per heavy atom. The summed E-state index contributed by atoms with van der Waals surface area (Å²) in [5.74, 6) is 1.70. The summed E-state index contributed by atoms with van der Waals surface area (Å²) in [7, 11) is 1.59. The van der Waals surface area contributed by atoms with Gasteiger partial charge in [-0.1, -0.05) is 12.1 Å². The van der Waals surface area contributed by atoms with Crippen molar-refractivity contribution in [2.45, 2.75) is 31.3 Å². The number of fused-ring (bicyclic) bond motifs is 2. The number of hydrogen-bond donors (Lipinski definition) is 1. The predicted octanol–water partition coefficient (Wildman–Crippen LogP) is 5.64. The van der Waals surface area contributed by atoms with E-state index in [1.807, 2.05) is 24.3 Å². The molecule has 7 heteroatoms. The van der Waals surface area contributed by atoms with E-state index in [4.69, 9.17) is 24.1 Å². The molecule has 1 heterocycles. The lowest BCUT2D eigenvalue weighted by molar-refractivity contribution is -0.137. The summed E-state index contributed by atoms with van der Waals surface area (Å²) < 4.78 is 38.0. The first kappa shape index (κ1) is 21.1. The molecule has 0 unspecified atom stereocenters. The van der Waals surface area contributed by atoms with Crippen LogP contribution in [0, 0.1) is 5.82 Å². The van der Waals surface area contributed by atoms with Gasteiger partial charge in [0, 0.05) is 34.7 Å². The van der Waals surface area contributed by atoms with Crippen molar-refractivity contribution in [2.75, 3.05) is 13.7 Å². The van der Waals surface area contributed by atoms with Crippen LogP contribution >= 0.6 is 0 Å². The first-order chi connectivity index (χ1) is 16.0. The van der Waals surface area contributed by atoms with Crippen molar-refractivity contribution >= 4 is 5.97 Å². The summed E-state index contributed by atoms with van der Waals surface area (Å²) in [6, 6.07) is 15.7. The normalized spacial score (nSPS) is 18.2. The smallest absolute Gasteiger partial charge is 0.304 e. The van der Waals surface area contributed by atoms with Crippen LogP contribution in [0.4, 0.5) is 4.39 Å². The largest absolute Gasteiger partial charge is 0.497 e. The van der Waals surface area contributed by atoms with Gasteiger partial charge in [0.05, 0.1) is 20.1 Å². The highest BCUT2D eigenvalue weighted by molar-refractivity contribution is 5.68. The van der Waals surface area contributed by atoms with Crippen molar-refractivity contribution in [3.8, 4) is 28.7 Å². The lowest BCUT2D eigenvalue weighted by atomic mass is 9.98. The number of ether oxygens (including phenoxy) is 4. The van der Waals surface area contributed by atoms with Gasteiger partial charge in [0.1, 0.15) is 40.7 Å². The van der Waals surface area contributed by atoms with Crippen molar-refractivity contribution in [3.63, 3.8) is 0 Å². The second kappa shape index (κ2) is 8.65. The highest BCUT2D eigenvalue weighted by Gasteiger charge is 2.32. The Morgan fingerprint density at radius 3 is 2.79 bits per heavy atom. The van der Waals surface area contributed by atoms with Gasteiger partial charge in [-0.25, -0.2) is 4.39 Å². The molecule has 1 N–H and O–H groups in total. The maximum Gasteiger partial charge on any atom is 0.304 e. The molecule has 3 aromatic carbocycles. The maximum absolute atomic E-state index is 14.8. The Bertz CT molecular complexity index is 1210. The monoisotopic (exact) mass is 450 g/mol. The number of carboxylic acids is 1. The van der Waals surface area contributed by atoms with E-state index in [2.05, 4.69) is 0 Å². The molecule has 0 fully saturated rings. The van der Waals surface area contributed by atoms with Crippen molar-refractivity contribution in [2.24, 2.45) is 0 Å². The summed E-state index contributed by atoms with van der Waals surface area (Å²) >= 11 is 0. The van der Waals surface area contributed by atoms with Gasteiger partial charge in [-0.2, -0.15) is 0 Å². The van der Waals surface area contributed by atoms with Crippen LogP contribution in [-0.2, 0) is 11.2 Å². The van der Waals surface area contributed by atoms with Gasteiger partial charge >= 0.3 is 5.97 Å². The van der Waals surface area contributed by atoms with Gasteiger partial charge in [-0.05, 0) is 43.2 Å². The molecule has 1 aliphatic carbocycles. The molecule has 0 spiro atoms. The minimum Gasteiger partial charge on any atom is -0.497 e. The van der Waals surface area contributed by atoms with E-state index in [0.29, 0.717) is 53.8 Å². The van der Waals surface area contributed by atoms with E-state index in [1.54, 1.807) is 31.4 Å². The number of carboxylic acid groups (broad SMARTS) is 1. The Morgan fingerprint density at radius 1 is 1.12 bits per heavy atom. The van der Waals surface area contributed by atoms with Gasteiger partial charge in [0.15, 0.2) is 0 Å². The molecule has 2 aliphatic rings. The zero-order chi connectivity index (χ0) is 22.9. The Balaban J connectivity index is 1.37. The third-order valence-corrected chi connectivity index (χ3v) is 6.07. The number of carbonyl (C=O) groups is 1. The number of aliphatic carboxylic acids is 1. The SMILES string of the molecule is COc1cccc(Oc2ccc(F)c3c2CC[C@H]3Oc2ccc3c(c2)OC[C@H]3CC(=O)O)c1. The summed E-state index contributed by atoms with van der Waals surface area (Å²) in [6.07, 6.45) is 0.802. The van der Waals surface area contributed by atoms with Crippen LogP contribution in [-0.4, -0.2) is 24.8 Å². The number of methoxy groups -OCH3 is 1. The van der Waals surface area contributed by atoms with Gasteiger partial charge in [-0.15, -0.1) is 0 Å². The molecule has 0 saturated carbocycles. The lowest BCUT2D eigenvalue weighted by Gasteiger charge is -2.17. The zero-order valence-electron chi connectivity index (χ0n) is 18.0. The number of hydrogen-bond acceptors (Lipinski definition) is 5. The van der Waals surface area contributed by atoms with E-state index in [9.17, 15) is 9.18 Å². The fourth-order valence-electron chi connectivity index (χ4n) is 4.52. The Kier molecular flexibility index (Phi) is 5.54. The molecule has 0 radical (unpaired) electrons. The standard InChI is InChI=1S/C26H23FO6/c1-30-16-3-2-4-17(12-16)32-22-10-8-21(27)26-20(22)7-9-23(26)33-18-5-6-19-15(11-25(28)29)14-31-24(19)13-18/h2-6,8,10,12-13,15,23H,7,9,11,14H2,1H3,(H,28,29)/t15-,23-/m1/s1. The Labute approximate surface area is 190 Å². The van der Waals surface area contributed by atoms with Gasteiger partial charge < -0.3 is 24.1 Å². The molecule has 5 rings (SSSR count). The van der Waals surface area contributed by atoms with E-state index < -0.39 is 12.1 Å². The van der Waals surface area contributed by atoms with Crippen molar-refractivity contribution in [1.29, 1.82) is 0 Å². The van der Waals surface area contributed by atoms with Gasteiger partial charge in [-0.3, -0.25) is 4.79 Å². The molecular formula is C26H23FO6. The van der Waals surface area contributed by atoms with Crippen molar-refractivity contribution in [3.05, 3.63) is 77.1 Å². The topological polar surface area (TPSA) is 74.2 Å². The van der Waals surface area contributed by atoms with Crippen LogP contribution in [0.5, 0.6) is 28.7 Å². The zero-order valence-corrected chi connectivity index (χ0v) is 18.0. The second-order valence-corrected chi connectivity index (χ2v) is 8.17. The molecule has 1 aliphatic heterocycles. The molecule has 0 amide bonds. The first-order valence-electron chi connectivity index (χ1n) is 10.8. The summed E-state index contributed by atoms with van der Waals surface area (Å²) in [6.45, 7) is 0.330. The molecular weight excluding hydrogens is 427 g/mol.